The van der Waals surface area contributed by atoms with E-state index in [0.29, 0.717) is 34.4 Å². The number of fused-ring (bicyclic) bond motifs is 1. The highest BCUT2D eigenvalue weighted by molar-refractivity contribution is 5.83. The maximum Gasteiger partial charge on any atom is 0.302 e. The third kappa shape index (κ3) is 5.75. The number of rotatable bonds is 7. The molecule has 1 N–H and O–H groups in total. The Morgan fingerprint density at radius 3 is 2.52 bits per heavy atom. The second-order valence-corrected chi connectivity index (χ2v) is 11.6. The van der Waals surface area contributed by atoms with Gasteiger partial charge in [-0.1, -0.05) is 20.8 Å². The topological polar surface area (TPSA) is 126 Å². The molecule has 0 unspecified atom stereocenters. The monoisotopic (exact) mass is 599 g/mol. The zero-order valence-corrected chi connectivity index (χ0v) is 25.7. The Balaban J connectivity index is 1.69. The predicted octanol–water partition coefficient (Wildman–Crippen LogP) is 4.91. The Morgan fingerprint density at radius 2 is 1.86 bits per heavy atom. The van der Waals surface area contributed by atoms with Crippen LogP contribution in [-0.2, 0) is 35.1 Å². The Hall–Kier alpha value is -5.13. The van der Waals surface area contributed by atoms with Gasteiger partial charge in [0.2, 0.25) is 0 Å². The smallest absolute Gasteiger partial charge is 0.302 e. The summed E-state index contributed by atoms with van der Waals surface area (Å²) in [6.45, 7) is 11.5. The van der Waals surface area contributed by atoms with Crippen LogP contribution in [0.4, 0.5) is 15.9 Å². The SMILES string of the molecule is CCn1nc(Nc2cc(-c3ccnc(-n4ncc5cc(C(C)(C)C)cc(F)c5c4=O)c3COC(C)=O)cn(C)c2=O)cc1C. The molecule has 0 fully saturated rings. The molecule has 12 heteroatoms. The largest absolute Gasteiger partial charge is 0.461 e. The van der Waals surface area contributed by atoms with Crippen LogP contribution in [0.3, 0.4) is 0 Å². The number of carbonyl (C=O) groups excluding carboxylic acids is 1. The van der Waals surface area contributed by atoms with Gasteiger partial charge in [0.25, 0.3) is 11.1 Å². The van der Waals surface area contributed by atoms with Crippen molar-refractivity contribution in [3.63, 3.8) is 0 Å². The van der Waals surface area contributed by atoms with Crippen molar-refractivity contribution in [1.29, 1.82) is 0 Å². The second kappa shape index (κ2) is 11.5. The van der Waals surface area contributed by atoms with Gasteiger partial charge in [0.15, 0.2) is 11.6 Å². The lowest BCUT2D eigenvalue weighted by atomic mass is 9.86. The molecule has 0 spiro atoms. The standard InChI is InChI=1S/C32H34FN7O4/c1-8-39-18(2)11-27(37-39)36-26-13-21(16-38(7)30(26)42)23-9-10-34-29(24(23)17-44-19(3)41)40-31(43)28-20(15-35-40)12-22(14-25(28)33)32(4,5)6/h9-16H,8,17H2,1-7H3,(H,36,37). The first-order valence-electron chi connectivity index (χ1n) is 14.1. The molecule has 0 saturated heterocycles. The minimum absolute atomic E-state index is 0.0654. The molecule has 0 bridgehead atoms. The molecule has 5 rings (SSSR count). The number of nitrogens with zero attached hydrogens (tertiary/aromatic N) is 6. The second-order valence-electron chi connectivity index (χ2n) is 11.6. The van der Waals surface area contributed by atoms with Crippen LogP contribution in [0.15, 0.2) is 58.5 Å². The van der Waals surface area contributed by atoms with Gasteiger partial charge in [-0.15, -0.1) is 0 Å². The van der Waals surface area contributed by atoms with Gasteiger partial charge in [-0.25, -0.2) is 9.37 Å². The van der Waals surface area contributed by atoms with E-state index in [2.05, 4.69) is 20.5 Å². The first-order chi connectivity index (χ1) is 20.8. The van der Waals surface area contributed by atoms with Crippen molar-refractivity contribution in [2.75, 3.05) is 5.32 Å². The molecule has 0 amide bonds. The zero-order chi connectivity index (χ0) is 31.9. The van der Waals surface area contributed by atoms with E-state index in [1.54, 1.807) is 31.4 Å². The lowest BCUT2D eigenvalue weighted by Crippen LogP contribution is -2.25. The number of pyridine rings is 2. The number of esters is 1. The molecule has 228 valence electrons. The van der Waals surface area contributed by atoms with E-state index < -0.39 is 17.3 Å². The Morgan fingerprint density at radius 1 is 1.11 bits per heavy atom. The first-order valence-corrected chi connectivity index (χ1v) is 14.1. The Bertz CT molecular complexity index is 2040. The molecule has 44 heavy (non-hydrogen) atoms. The molecule has 11 nitrogen and oxygen atoms in total. The van der Waals surface area contributed by atoms with E-state index in [4.69, 9.17) is 4.74 Å². The third-order valence-corrected chi connectivity index (χ3v) is 7.40. The first kappa shape index (κ1) is 30.3. The fraction of sp³-hybridized carbons (Fsp3) is 0.312. The van der Waals surface area contributed by atoms with Crippen LogP contribution < -0.4 is 16.4 Å². The molecule has 5 aromatic rings. The molecular formula is C32H34FN7O4. The van der Waals surface area contributed by atoms with E-state index in [-0.39, 0.29) is 34.5 Å². The van der Waals surface area contributed by atoms with E-state index >= 15 is 4.39 Å². The fourth-order valence-electron chi connectivity index (χ4n) is 5.05. The molecular weight excluding hydrogens is 565 g/mol. The van der Waals surface area contributed by atoms with E-state index in [9.17, 15) is 14.4 Å². The van der Waals surface area contributed by atoms with Gasteiger partial charge in [-0.2, -0.15) is 14.9 Å². The molecule has 0 aliphatic rings. The molecule has 0 aliphatic carbocycles. The van der Waals surface area contributed by atoms with Crippen LogP contribution in [0.25, 0.3) is 27.7 Å². The Labute approximate surface area is 252 Å². The zero-order valence-electron chi connectivity index (χ0n) is 25.7. The number of aryl methyl sites for hydroxylation is 3. The quantitative estimate of drug-likeness (QED) is 0.262. The molecule has 0 saturated carbocycles. The van der Waals surface area contributed by atoms with Gasteiger partial charge in [0, 0.05) is 61.2 Å². The highest BCUT2D eigenvalue weighted by Gasteiger charge is 2.22. The van der Waals surface area contributed by atoms with Crippen molar-refractivity contribution in [2.45, 2.75) is 60.1 Å². The van der Waals surface area contributed by atoms with Gasteiger partial charge in [0.05, 0.1) is 11.6 Å². The average Bonchev–Trinajstić information content (AvgIpc) is 3.32. The number of nitrogens with one attached hydrogen (secondary N) is 1. The molecule has 0 atom stereocenters. The predicted molar refractivity (Wildman–Crippen MR) is 166 cm³/mol. The van der Waals surface area contributed by atoms with Crippen molar-refractivity contribution >= 4 is 28.2 Å². The van der Waals surface area contributed by atoms with Gasteiger partial charge in [-0.05, 0) is 54.7 Å². The van der Waals surface area contributed by atoms with Crippen LogP contribution in [0.5, 0.6) is 0 Å². The highest BCUT2D eigenvalue weighted by Crippen LogP contribution is 2.30. The van der Waals surface area contributed by atoms with Crippen LogP contribution in [0.1, 0.15) is 51.4 Å². The summed E-state index contributed by atoms with van der Waals surface area (Å²) in [5.74, 6) is -0.635. The minimum Gasteiger partial charge on any atom is -0.461 e. The van der Waals surface area contributed by atoms with Gasteiger partial charge >= 0.3 is 5.97 Å². The molecule has 1 aromatic carbocycles. The van der Waals surface area contributed by atoms with E-state index in [0.717, 1.165) is 15.9 Å². The van der Waals surface area contributed by atoms with Gasteiger partial charge < -0.3 is 14.6 Å². The molecule has 4 aromatic heterocycles. The number of carbonyl (C=O) groups is 1. The third-order valence-electron chi connectivity index (χ3n) is 7.40. The summed E-state index contributed by atoms with van der Waals surface area (Å²) >= 11 is 0. The summed E-state index contributed by atoms with van der Waals surface area (Å²) in [5.41, 5.74) is 2.04. The summed E-state index contributed by atoms with van der Waals surface area (Å²) in [5, 5.41) is 12.2. The summed E-state index contributed by atoms with van der Waals surface area (Å²) in [6.07, 6.45) is 4.53. The van der Waals surface area contributed by atoms with Gasteiger partial charge in [-0.3, -0.25) is 19.1 Å². The lowest BCUT2D eigenvalue weighted by Gasteiger charge is -2.20. The average molecular weight is 600 g/mol. The number of hydrogen-bond acceptors (Lipinski definition) is 8. The Kier molecular flexibility index (Phi) is 7.94. The summed E-state index contributed by atoms with van der Waals surface area (Å²) in [4.78, 5) is 43.1. The van der Waals surface area contributed by atoms with Crippen molar-refractivity contribution in [3.8, 4) is 16.9 Å². The number of aromatic nitrogens is 6. The lowest BCUT2D eigenvalue weighted by molar-refractivity contribution is -0.142. The van der Waals surface area contributed by atoms with Crippen molar-refractivity contribution in [1.82, 2.24) is 29.1 Å². The number of halogens is 1. The maximum absolute atomic E-state index is 15.4. The number of ether oxygens (including phenoxy) is 1. The van der Waals surface area contributed by atoms with E-state index in [1.807, 2.05) is 45.4 Å². The maximum atomic E-state index is 15.4. The van der Waals surface area contributed by atoms with Crippen LogP contribution in [0, 0.1) is 12.7 Å². The van der Waals surface area contributed by atoms with Crippen molar-refractivity contribution in [2.24, 2.45) is 7.05 Å². The summed E-state index contributed by atoms with van der Waals surface area (Å²) < 4.78 is 25.0. The number of anilines is 2. The number of benzene rings is 1. The highest BCUT2D eigenvalue weighted by atomic mass is 19.1. The fourth-order valence-corrected chi connectivity index (χ4v) is 5.05. The number of hydrogen-bond donors (Lipinski definition) is 1. The van der Waals surface area contributed by atoms with Gasteiger partial charge in [0.1, 0.15) is 18.1 Å². The van der Waals surface area contributed by atoms with Crippen molar-refractivity contribution in [3.05, 3.63) is 92.3 Å². The van der Waals surface area contributed by atoms with E-state index in [1.165, 1.54) is 30.0 Å². The van der Waals surface area contributed by atoms with Crippen LogP contribution in [0.2, 0.25) is 0 Å². The normalized spacial score (nSPS) is 11.6. The minimum atomic E-state index is -0.709. The van der Waals surface area contributed by atoms with Crippen molar-refractivity contribution < 1.29 is 13.9 Å². The molecule has 4 heterocycles. The van der Waals surface area contributed by atoms with Crippen LogP contribution in [-0.4, -0.2) is 35.1 Å². The van der Waals surface area contributed by atoms with Crippen LogP contribution >= 0.6 is 0 Å². The molecule has 0 aliphatic heterocycles. The molecule has 0 radical (unpaired) electrons. The summed E-state index contributed by atoms with van der Waals surface area (Å²) in [7, 11) is 1.62. The summed E-state index contributed by atoms with van der Waals surface area (Å²) in [6, 6.07) is 8.30.